The van der Waals surface area contributed by atoms with Crippen LogP contribution in [-0.2, 0) is 4.79 Å². The van der Waals surface area contributed by atoms with Crippen LogP contribution in [0.1, 0.15) is 13.3 Å². The van der Waals surface area contributed by atoms with Crippen molar-refractivity contribution in [1.29, 1.82) is 0 Å². The number of hydrogen-bond acceptors (Lipinski definition) is 2. The van der Waals surface area contributed by atoms with Gasteiger partial charge in [0.1, 0.15) is 0 Å². The Labute approximate surface area is 53.9 Å². The first-order valence-electron chi connectivity index (χ1n) is 2.57. The molecule has 0 aromatic rings. The molecule has 0 aromatic heterocycles. The number of carboxylic acid groups (broad SMARTS) is 1. The molecule has 0 saturated carbocycles. The van der Waals surface area contributed by atoms with Gasteiger partial charge >= 0.3 is 5.97 Å². The van der Waals surface area contributed by atoms with Gasteiger partial charge < -0.3 is 10.8 Å². The topological polar surface area (TPSA) is 63.3 Å². The second-order valence-electron chi connectivity index (χ2n) is 1.77. The molecule has 0 aliphatic rings. The predicted octanol–water partition coefficient (Wildman–Crippen LogP) is -0.188. The molecule has 0 aromatic carbocycles. The van der Waals surface area contributed by atoms with E-state index in [9.17, 15) is 4.79 Å². The molecular weight excluding hydrogens is 118 g/mol. The fourth-order valence-corrected chi connectivity index (χ4v) is 0.315. The molecule has 0 saturated heterocycles. The third-order valence-corrected chi connectivity index (χ3v) is 1.20. The van der Waals surface area contributed by atoms with E-state index in [4.69, 9.17) is 17.3 Å². The van der Waals surface area contributed by atoms with E-state index in [1.807, 2.05) is 5.92 Å². The zero-order valence-electron chi connectivity index (χ0n) is 5.22. The molecule has 50 valence electrons. The lowest BCUT2D eigenvalue weighted by Gasteiger charge is -2.13. The quantitative estimate of drug-likeness (QED) is 0.505. The summed E-state index contributed by atoms with van der Waals surface area (Å²) in [7, 11) is 0. The van der Waals surface area contributed by atoms with Crippen LogP contribution in [0.25, 0.3) is 0 Å². The van der Waals surface area contributed by atoms with Gasteiger partial charge in [-0.2, -0.15) is 0 Å². The average molecular weight is 127 g/mol. The summed E-state index contributed by atoms with van der Waals surface area (Å²) in [6.07, 6.45) is 5.11. The lowest BCUT2D eigenvalue weighted by molar-refractivity contribution is -0.141. The molecule has 0 aliphatic carbocycles. The van der Waals surface area contributed by atoms with E-state index >= 15 is 0 Å². The van der Waals surface area contributed by atoms with E-state index in [0.29, 0.717) is 0 Å². The van der Waals surface area contributed by atoms with Gasteiger partial charge in [-0.05, 0) is 6.42 Å². The third kappa shape index (κ3) is 1.44. The summed E-state index contributed by atoms with van der Waals surface area (Å²) in [4.78, 5) is 10.2. The molecule has 0 heterocycles. The van der Waals surface area contributed by atoms with E-state index in [0.717, 1.165) is 0 Å². The zero-order valence-corrected chi connectivity index (χ0v) is 5.22. The zero-order chi connectivity index (χ0) is 7.49. The normalized spacial score (nSPS) is 15.7. The Bertz CT molecular complexity index is 159. The van der Waals surface area contributed by atoms with Gasteiger partial charge in [0, 0.05) is 0 Å². The van der Waals surface area contributed by atoms with Crippen molar-refractivity contribution in [3.63, 3.8) is 0 Å². The first-order chi connectivity index (χ1) is 4.06. The van der Waals surface area contributed by atoms with Crippen molar-refractivity contribution in [3.8, 4) is 12.3 Å². The van der Waals surface area contributed by atoms with E-state index in [1.54, 1.807) is 6.92 Å². The molecule has 1 atom stereocenters. The van der Waals surface area contributed by atoms with Crippen molar-refractivity contribution >= 4 is 5.97 Å². The van der Waals surface area contributed by atoms with E-state index in [1.165, 1.54) is 0 Å². The highest BCUT2D eigenvalue weighted by Gasteiger charge is 2.28. The maximum absolute atomic E-state index is 10.2. The second-order valence-corrected chi connectivity index (χ2v) is 1.77. The molecule has 3 heteroatoms. The Kier molecular flexibility index (Phi) is 2.23. The Morgan fingerprint density at radius 3 is 2.44 bits per heavy atom. The van der Waals surface area contributed by atoms with Crippen LogP contribution >= 0.6 is 0 Å². The highest BCUT2D eigenvalue weighted by molar-refractivity contribution is 5.82. The molecule has 9 heavy (non-hydrogen) atoms. The Balaban J connectivity index is 4.33. The van der Waals surface area contributed by atoms with Gasteiger partial charge in [0.25, 0.3) is 0 Å². The van der Waals surface area contributed by atoms with Gasteiger partial charge in [0.05, 0.1) is 0 Å². The monoisotopic (exact) mass is 127 g/mol. The lowest BCUT2D eigenvalue weighted by atomic mass is 10.00. The van der Waals surface area contributed by atoms with Crippen LogP contribution in [0.3, 0.4) is 0 Å². The van der Waals surface area contributed by atoms with Crippen molar-refractivity contribution in [3.05, 3.63) is 0 Å². The summed E-state index contributed by atoms with van der Waals surface area (Å²) >= 11 is 0. The maximum Gasteiger partial charge on any atom is 0.336 e. The second kappa shape index (κ2) is 2.51. The smallest absolute Gasteiger partial charge is 0.336 e. The summed E-state index contributed by atoms with van der Waals surface area (Å²) in [6, 6.07) is 0. The minimum atomic E-state index is -1.47. The molecule has 0 fully saturated rings. The Morgan fingerprint density at radius 1 is 2.00 bits per heavy atom. The minimum absolute atomic E-state index is 0.249. The summed E-state index contributed by atoms with van der Waals surface area (Å²) < 4.78 is 0. The van der Waals surface area contributed by atoms with Crippen LogP contribution in [-0.4, -0.2) is 16.6 Å². The third-order valence-electron chi connectivity index (χ3n) is 1.20. The van der Waals surface area contributed by atoms with Crippen molar-refractivity contribution in [2.75, 3.05) is 0 Å². The molecule has 3 nitrogen and oxygen atoms in total. The van der Waals surface area contributed by atoms with E-state index < -0.39 is 11.5 Å². The summed E-state index contributed by atoms with van der Waals surface area (Å²) in [6.45, 7) is 1.63. The number of hydrogen-bond donors (Lipinski definition) is 2. The molecule has 3 N–H and O–H groups in total. The standard InChI is InChI=1S/C6H9NO2/c1-3-6(7,4-2)5(8)9/h1H,4,7H2,2H3,(H,8,9). The predicted molar refractivity (Wildman–Crippen MR) is 33.7 cm³/mol. The number of carboxylic acids is 1. The number of carbonyl (C=O) groups is 1. The molecule has 0 bridgehead atoms. The van der Waals surface area contributed by atoms with E-state index in [2.05, 4.69) is 0 Å². The SMILES string of the molecule is C#CC(N)(CC)C(=O)O. The molecule has 1 unspecified atom stereocenters. The van der Waals surface area contributed by atoms with E-state index in [-0.39, 0.29) is 6.42 Å². The Morgan fingerprint density at radius 2 is 2.44 bits per heavy atom. The molecule has 0 radical (unpaired) electrons. The molecular formula is C6H9NO2. The fraction of sp³-hybridized carbons (Fsp3) is 0.500. The van der Waals surface area contributed by atoms with Gasteiger partial charge in [-0.15, -0.1) is 6.42 Å². The van der Waals surface area contributed by atoms with Crippen molar-refractivity contribution < 1.29 is 9.90 Å². The van der Waals surface area contributed by atoms with Crippen molar-refractivity contribution in [2.45, 2.75) is 18.9 Å². The van der Waals surface area contributed by atoms with Crippen LogP contribution in [0.5, 0.6) is 0 Å². The first kappa shape index (κ1) is 7.99. The fourth-order valence-electron chi connectivity index (χ4n) is 0.315. The summed E-state index contributed by atoms with van der Waals surface area (Å²) in [5, 5.41) is 8.36. The van der Waals surface area contributed by atoms with Gasteiger partial charge in [-0.3, -0.25) is 0 Å². The largest absolute Gasteiger partial charge is 0.479 e. The number of terminal acetylenes is 1. The Hall–Kier alpha value is -1.01. The molecule has 0 amide bonds. The first-order valence-corrected chi connectivity index (χ1v) is 2.57. The van der Waals surface area contributed by atoms with Crippen molar-refractivity contribution in [2.24, 2.45) is 5.73 Å². The molecule has 0 aliphatic heterocycles. The highest BCUT2D eigenvalue weighted by Crippen LogP contribution is 2.02. The summed E-state index contributed by atoms with van der Waals surface area (Å²) in [5.74, 6) is 0.860. The molecule has 0 spiro atoms. The minimum Gasteiger partial charge on any atom is -0.479 e. The van der Waals surface area contributed by atoms with Crippen LogP contribution in [0.2, 0.25) is 0 Å². The van der Waals surface area contributed by atoms with Crippen molar-refractivity contribution in [1.82, 2.24) is 0 Å². The van der Waals surface area contributed by atoms with Crippen LogP contribution < -0.4 is 5.73 Å². The van der Waals surface area contributed by atoms with Gasteiger partial charge in [-0.25, -0.2) is 4.79 Å². The number of nitrogens with two attached hydrogens (primary N) is 1. The van der Waals surface area contributed by atoms with Gasteiger partial charge in [0.2, 0.25) is 0 Å². The highest BCUT2D eigenvalue weighted by atomic mass is 16.4. The molecule has 0 rings (SSSR count). The van der Waals surface area contributed by atoms with Crippen LogP contribution in [0.4, 0.5) is 0 Å². The maximum atomic E-state index is 10.2. The lowest BCUT2D eigenvalue weighted by Crippen LogP contribution is -2.45. The van der Waals surface area contributed by atoms with Crippen LogP contribution in [0.15, 0.2) is 0 Å². The average Bonchev–Trinajstić information content (AvgIpc) is 1.86. The van der Waals surface area contributed by atoms with Crippen LogP contribution in [0, 0.1) is 12.3 Å². The summed E-state index contributed by atoms with van der Waals surface area (Å²) in [5.41, 5.74) is 3.73. The van der Waals surface area contributed by atoms with Gasteiger partial charge in [-0.1, -0.05) is 12.8 Å². The number of aliphatic carboxylic acids is 1. The van der Waals surface area contributed by atoms with Gasteiger partial charge in [0.15, 0.2) is 5.54 Å². The number of rotatable bonds is 2.